The fourth-order valence-electron chi connectivity index (χ4n) is 1.93. The lowest BCUT2D eigenvalue weighted by molar-refractivity contribution is 0.555. The van der Waals surface area contributed by atoms with E-state index >= 15 is 0 Å². The van der Waals surface area contributed by atoms with Gasteiger partial charge in [-0.25, -0.2) is 0 Å². The first-order valence-electron chi connectivity index (χ1n) is 6.29. The molecule has 2 aromatic heterocycles. The Kier molecular flexibility index (Phi) is 3.76. The van der Waals surface area contributed by atoms with E-state index in [-0.39, 0.29) is 6.04 Å². The van der Waals surface area contributed by atoms with E-state index in [2.05, 4.69) is 34.6 Å². The second-order valence-corrected chi connectivity index (χ2v) is 4.50. The summed E-state index contributed by atoms with van der Waals surface area (Å²) >= 11 is 0. The second kappa shape index (κ2) is 5.30. The summed E-state index contributed by atoms with van der Waals surface area (Å²) in [6.45, 7) is 7.26. The molecular formula is C12H20N6. The number of nitrogens with one attached hydrogen (secondary N) is 1. The summed E-state index contributed by atoms with van der Waals surface area (Å²) in [7, 11) is 1.89. The van der Waals surface area contributed by atoms with Gasteiger partial charge in [-0.3, -0.25) is 4.68 Å². The standard InChI is InChI=1S/C12H20N6/c1-5-7-13-9(2)12-10(3)18(16-14-12)11-6-8-17(4)15-11/h6,8-9,13H,5,7H2,1-4H3. The van der Waals surface area contributed by atoms with Crippen LogP contribution in [0.25, 0.3) is 5.82 Å². The Balaban J connectivity index is 2.23. The van der Waals surface area contributed by atoms with Crippen molar-refractivity contribution in [2.45, 2.75) is 33.2 Å². The Bertz CT molecular complexity index is 512. The lowest BCUT2D eigenvalue weighted by atomic mass is 10.2. The SMILES string of the molecule is CCCNC(C)c1nnn(-c2ccn(C)n2)c1C. The molecular weight excluding hydrogens is 228 g/mol. The normalized spacial score (nSPS) is 12.9. The van der Waals surface area contributed by atoms with Gasteiger partial charge in [0.2, 0.25) is 0 Å². The van der Waals surface area contributed by atoms with Crippen molar-refractivity contribution in [2.24, 2.45) is 7.05 Å². The van der Waals surface area contributed by atoms with Crippen molar-refractivity contribution in [3.63, 3.8) is 0 Å². The smallest absolute Gasteiger partial charge is 0.177 e. The van der Waals surface area contributed by atoms with Crippen LogP contribution in [0.1, 0.15) is 37.7 Å². The van der Waals surface area contributed by atoms with E-state index in [1.54, 1.807) is 9.36 Å². The van der Waals surface area contributed by atoms with Crippen molar-refractivity contribution >= 4 is 0 Å². The number of aromatic nitrogens is 5. The highest BCUT2D eigenvalue weighted by atomic mass is 15.5. The summed E-state index contributed by atoms with van der Waals surface area (Å²) in [5.41, 5.74) is 2.01. The second-order valence-electron chi connectivity index (χ2n) is 4.50. The molecule has 0 amide bonds. The highest BCUT2D eigenvalue weighted by Crippen LogP contribution is 2.16. The van der Waals surface area contributed by atoms with E-state index in [0.29, 0.717) is 0 Å². The van der Waals surface area contributed by atoms with Crippen LogP contribution in [0.2, 0.25) is 0 Å². The van der Waals surface area contributed by atoms with Crippen LogP contribution in [0.5, 0.6) is 0 Å². The molecule has 18 heavy (non-hydrogen) atoms. The molecule has 0 saturated heterocycles. The predicted molar refractivity (Wildman–Crippen MR) is 69.6 cm³/mol. The Morgan fingerprint density at radius 2 is 2.22 bits per heavy atom. The topological polar surface area (TPSA) is 60.6 Å². The molecule has 6 heteroatoms. The van der Waals surface area contributed by atoms with E-state index in [1.165, 1.54) is 0 Å². The molecule has 2 rings (SSSR count). The molecule has 0 saturated carbocycles. The maximum Gasteiger partial charge on any atom is 0.177 e. The van der Waals surface area contributed by atoms with Crippen molar-refractivity contribution in [1.29, 1.82) is 0 Å². The first-order valence-corrected chi connectivity index (χ1v) is 6.29. The van der Waals surface area contributed by atoms with Crippen molar-refractivity contribution in [3.05, 3.63) is 23.7 Å². The molecule has 2 aromatic rings. The summed E-state index contributed by atoms with van der Waals surface area (Å²) in [6.07, 6.45) is 3.01. The molecule has 1 unspecified atom stereocenters. The Morgan fingerprint density at radius 3 is 2.83 bits per heavy atom. The monoisotopic (exact) mass is 248 g/mol. The fraction of sp³-hybridized carbons (Fsp3) is 0.583. The van der Waals surface area contributed by atoms with E-state index in [1.807, 2.05) is 26.2 Å². The Hall–Kier alpha value is -1.69. The minimum atomic E-state index is 0.211. The molecule has 2 heterocycles. The molecule has 0 aliphatic carbocycles. The van der Waals surface area contributed by atoms with Crippen molar-refractivity contribution < 1.29 is 0 Å². The van der Waals surface area contributed by atoms with Crippen LogP contribution in [0.3, 0.4) is 0 Å². The average molecular weight is 248 g/mol. The van der Waals surface area contributed by atoms with Crippen molar-refractivity contribution in [2.75, 3.05) is 6.54 Å². The molecule has 0 spiro atoms. The molecule has 0 aliphatic heterocycles. The molecule has 98 valence electrons. The van der Waals surface area contributed by atoms with Gasteiger partial charge in [0.15, 0.2) is 5.82 Å². The Morgan fingerprint density at radius 1 is 1.44 bits per heavy atom. The molecule has 0 fully saturated rings. The number of nitrogens with zero attached hydrogens (tertiary/aromatic N) is 5. The first-order chi connectivity index (χ1) is 8.63. The highest BCUT2D eigenvalue weighted by molar-refractivity contribution is 5.24. The van der Waals surface area contributed by atoms with Gasteiger partial charge in [-0.15, -0.1) is 5.10 Å². The minimum absolute atomic E-state index is 0.211. The van der Waals surface area contributed by atoms with Crippen LogP contribution in [-0.4, -0.2) is 31.3 Å². The van der Waals surface area contributed by atoms with E-state index in [4.69, 9.17) is 0 Å². The maximum absolute atomic E-state index is 4.33. The molecule has 6 nitrogen and oxygen atoms in total. The maximum atomic E-state index is 4.33. The lowest BCUT2D eigenvalue weighted by Crippen LogP contribution is -2.20. The summed E-state index contributed by atoms with van der Waals surface area (Å²) in [4.78, 5) is 0. The summed E-state index contributed by atoms with van der Waals surface area (Å²) in [6, 6.07) is 2.14. The zero-order chi connectivity index (χ0) is 13.1. The molecule has 0 aliphatic rings. The van der Waals surface area contributed by atoms with Gasteiger partial charge < -0.3 is 5.32 Å². The third-order valence-corrected chi connectivity index (χ3v) is 2.96. The number of rotatable bonds is 5. The Labute approximate surface area is 107 Å². The zero-order valence-corrected chi connectivity index (χ0v) is 11.4. The van der Waals surface area contributed by atoms with Crippen LogP contribution in [0.4, 0.5) is 0 Å². The highest BCUT2D eigenvalue weighted by Gasteiger charge is 2.16. The third kappa shape index (κ3) is 2.43. The zero-order valence-electron chi connectivity index (χ0n) is 11.4. The van der Waals surface area contributed by atoms with Crippen molar-refractivity contribution in [3.8, 4) is 5.82 Å². The van der Waals surface area contributed by atoms with Crippen LogP contribution in [0, 0.1) is 6.92 Å². The molecule has 0 bridgehead atoms. The van der Waals surface area contributed by atoms with Gasteiger partial charge in [0.25, 0.3) is 0 Å². The van der Waals surface area contributed by atoms with E-state index in [0.717, 1.165) is 30.2 Å². The van der Waals surface area contributed by atoms with Crippen LogP contribution >= 0.6 is 0 Å². The average Bonchev–Trinajstić information content (AvgIpc) is 2.92. The van der Waals surface area contributed by atoms with Crippen molar-refractivity contribution in [1.82, 2.24) is 30.1 Å². The van der Waals surface area contributed by atoms with Gasteiger partial charge in [0.1, 0.15) is 5.69 Å². The number of hydrogen-bond donors (Lipinski definition) is 1. The molecule has 1 atom stereocenters. The summed E-state index contributed by atoms with van der Waals surface area (Å²) in [5.74, 6) is 0.802. The quantitative estimate of drug-likeness (QED) is 0.868. The molecule has 0 radical (unpaired) electrons. The van der Waals surface area contributed by atoms with Gasteiger partial charge in [0, 0.05) is 19.3 Å². The van der Waals surface area contributed by atoms with E-state index < -0.39 is 0 Å². The third-order valence-electron chi connectivity index (χ3n) is 2.96. The number of hydrogen-bond acceptors (Lipinski definition) is 4. The lowest BCUT2D eigenvalue weighted by Gasteiger charge is -2.10. The molecule has 0 aromatic carbocycles. The predicted octanol–water partition coefficient (Wildman–Crippen LogP) is 1.37. The van der Waals surface area contributed by atoms with Crippen LogP contribution in [0.15, 0.2) is 12.3 Å². The first kappa shape index (κ1) is 12.8. The van der Waals surface area contributed by atoms with Crippen LogP contribution < -0.4 is 5.32 Å². The number of aryl methyl sites for hydroxylation is 1. The fourth-order valence-corrected chi connectivity index (χ4v) is 1.93. The largest absolute Gasteiger partial charge is 0.309 e. The van der Waals surface area contributed by atoms with Crippen LogP contribution in [-0.2, 0) is 7.05 Å². The van der Waals surface area contributed by atoms with Gasteiger partial charge in [0.05, 0.1) is 11.7 Å². The van der Waals surface area contributed by atoms with E-state index in [9.17, 15) is 0 Å². The van der Waals surface area contributed by atoms with Gasteiger partial charge >= 0.3 is 0 Å². The molecule has 1 N–H and O–H groups in total. The summed E-state index contributed by atoms with van der Waals surface area (Å²) < 4.78 is 3.54. The minimum Gasteiger partial charge on any atom is -0.309 e. The summed E-state index contributed by atoms with van der Waals surface area (Å²) in [5, 5.41) is 16.2. The van der Waals surface area contributed by atoms with Gasteiger partial charge in [-0.05, 0) is 26.8 Å². The van der Waals surface area contributed by atoms with Gasteiger partial charge in [-0.2, -0.15) is 9.78 Å². The van der Waals surface area contributed by atoms with Gasteiger partial charge in [-0.1, -0.05) is 12.1 Å².